The van der Waals surface area contributed by atoms with Gasteiger partial charge < -0.3 is 14.5 Å². The van der Waals surface area contributed by atoms with Gasteiger partial charge in [0.25, 0.3) is 0 Å². The Labute approximate surface area is 161 Å². The number of rotatable bonds is 8. The number of nitrogens with zero attached hydrogens (tertiary/aromatic N) is 1. The van der Waals surface area contributed by atoms with Crippen LogP contribution in [0.25, 0.3) is 0 Å². The molecule has 0 bridgehead atoms. The maximum absolute atomic E-state index is 12.4. The van der Waals surface area contributed by atoms with Crippen molar-refractivity contribution in [1.29, 1.82) is 0 Å². The van der Waals surface area contributed by atoms with Crippen molar-refractivity contribution in [3.63, 3.8) is 0 Å². The molecule has 1 aromatic carbocycles. The maximum Gasteiger partial charge on any atom is 0.220 e. The molecule has 1 N–H and O–H groups in total. The molecule has 1 saturated heterocycles. The predicted octanol–water partition coefficient (Wildman–Crippen LogP) is 3.95. The molecule has 3 rings (SSSR count). The van der Waals surface area contributed by atoms with Crippen molar-refractivity contribution in [3.8, 4) is 5.75 Å². The van der Waals surface area contributed by atoms with E-state index in [1.165, 1.54) is 25.7 Å². The standard InChI is InChI=1S/C22H30N2O3/c1-26-19-11-8-18(9-12-19)10-13-22(25)23-17-20(21-7-6-16-27-21)24-14-4-2-3-5-15-24/h6-9,11-12,16,20H,2-5,10,13-15,17H2,1H3,(H,23,25). The minimum Gasteiger partial charge on any atom is -0.497 e. The topological polar surface area (TPSA) is 54.7 Å². The highest BCUT2D eigenvalue weighted by atomic mass is 16.5. The molecule has 0 spiro atoms. The van der Waals surface area contributed by atoms with Crippen LogP contribution in [-0.2, 0) is 11.2 Å². The Balaban J connectivity index is 1.52. The van der Waals surface area contributed by atoms with Crippen molar-refractivity contribution in [2.45, 2.75) is 44.6 Å². The number of ether oxygens (including phenoxy) is 1. The first kappa shape index (κ1) is 19.5. The van der Waals surface area contributed by atoms with Crippen molar-refractivity contribution < 1.29 is 13.9 Å². The fourth-order valence-corrected chi connectivity index (χ4v) is 3.65. The Morgan fingerprint density at radius 2 is 1.89 bits per heavy atom. The van der Waals surface area contributed by atoms with Crippen LogP contribution in [0.4, 0.5) is 0 Å². The number of methoxy groups -OCH3 is 1. The summed E-state index contributed by atoms with van der Waals surface area (Å²) in [6.45, 7) is 2.72. The van der Waals surface area contributed by atoms with Crippen LogP contribution in [0.2, 0.25) is 0 Å². The number of amides is 1. The zero-order valence-corrected chi connectivity index (χ0v) is 16.2. The molecule has 2 aromatic rings. The van der Waals surface area contributed by atoms with Crippen molar-refractivity contribution in [1.82, 2.24) is 10.2 Å². The van der Waals surface area contributed by atoms with Gasteiger partial charge in [0.2, 0.25) is 5.91 Å². The molecule has 1 aliphatic heterocycles. The van der Waals surface area contributed by atoms with Gasteiger partial charge in [0, 0.05) is 13.0 Å². The van der Waals surface area contributed by atoms with Crippen LogP contribution in [0.3, 0.4) is 0 Å². The van der Waals surface area contributed by atoms with Crippen LogP contribution in [0.5, 0.6) is 5.75 Å². The SMILES string of the molecule is COc1ccc(CCC(=O)NCC(c2ccco2)N2CCCCCC2)cc1. The smallest absolute Gasteiger partial charge is 0.220 e. The lowest BCUT2D eigenvalue weighted by atomic mass is 10.1. The summed E-state index contributed by atoms with van der Waals surface area (Å²) in [4.78, 5) is 14.8. The second-order valence-electron chi connectivity index (χ2n) is 7.13. The van der Waals surface area contributed by atoms with Gasteiger partial charge in [-0.2, -0.15) is 0 Å². The summed E-state index contributed by atoms with van der Waals surface area (Å²) in [5, 5.41) is 3.12. The lowest BCUT2D eigenvalue weighted by molar-refractivity contribution is -0.121. The van der Waals surface area contributed by atoms with Gasteiger partial charge in [-0.25, -0.2) is 0 Å². The van der Waals surface area contributed by atoms with Gasteiger partial charge in [0.05, 0.1) is 19.4 Å². The van der Waals surface area contributed by atoms with Gasteiger partial charge in [-0.1, -0.05) is 25.0 Å². The Bertz CT molecular complexity index is 674. The molecule has 1 unspecified atom stereocenters. The summed E-state index contributed by atoms with van der Waals surface area (Å²) in [5.41, 5.74) is 1.14. The molecular formula is C22H30N2O3. The van der Waals surface area contributed by atoms with E-state index < -0.39 is 0 Å². The number of hydrogen-bond donors (Lipinski definition) is 1. The van der Waals surface area contributed by atoms with E-state index in [0.29, 0.717) is 13.0 Å². The number of aryl methyl sites for hydroxylation is 1. The lowest BCUT2D eigenvalue weighted by Gasteiger charge is -2.29. The molecular weight excluding hydrogens is 340 g/mol. The third kappa shape index (κ3) is 5.86. The summed E-state index contributed by atoms with van der Waals surface area (Å²) in [7, 11) is 1.65. The molecule has 5 nitrogen and oxygen atoms in total. The van der Waals surface area contributed by atoms with E-state index in [4.69, 9.17) is 9.15 Å². The Morgan fingerprint density at radius 1 is 1.15 bits per heavy atom. The molecule has 0 radical (unpaired) electrons. The van der Waals surface area contributed by atoms with Crippen molar-refractivity contribution in [3.05, 3.63) is 54.0 Å². The molecule has 1 fully saturated rings. The third-order valence-corrected chi connectivity index (χ3v) is 5.25. The number of benzene rings is 1. The van der Waals surface area contributed by atoms with Crippen molar-refractivity contribution in [2.24, 2.45) is 0 Å². The molecule has 0 aliphatic carbocycles. The van der Waals surface area contributed by atoms with Gasteiger partial charge in [-0.3, -0.25) is 9.69 Å². The molecule has 1 aliphatic rings. The fraction of sp³-hybridized carbons (Fsp3) is 0.500. The quantitative estimate of drug-likeness (QED) is 0.764. The summed E-state index contributed by atoms with van der Waals surface area (Å²) in [6.07, 6.45) is 7.92. The van der Waals surface area contributed by atoms with Gasteiger partial charge >= 0.3 is 0 Å². The summed E-state index contributed by atoms with van der Waals surface area (Å²) < 4.78 is 10.8. The zero-order valence-electron chi connectivity index (χ0n) is 16.2. The largest absolute Gasteiger partial charge is 0.497 e. The number of carbonyl (C=O) groups excluding carboxylic acids is 1. The highest BCUT2D eigenvalue weighted by Gasteiger charge is 2.24. The first-order valence-corrected chi connectivity index (χ1v) is 9.93. The van der Waals surface area contributed by atoms with Crippen molar-refractivity contribution >= 4 is 5.91 Å². The average Bonchev–Trinajstić information content (AvgIpc) is 3.10. The van der Waals surface area contributed by atoms with Gasteiger partial charge in [-0.15, -0.1) is 0 Å². The second-order valence-corrected chi connectivity index (χ2v) is 7.13. The lowest BCUT2D eigenvalue weighted by Crippen LogP contribution is -2.38. The number of likely N-dealkylation sites (tertiary alicyclic amines) is 1. The van der Waals surface area contributed by atoms with E-state index in [1.807, 2.05) is 36.4 Å². The van der Waals surface area contributed by atoms with Crippen LogP contribution < -0.4 is 10.1 Å². The van der Waals surface area contributed by atoms with Gasteiger partial charge in [0.15, 0.2) is 0 Å². The number of carbonyl (C=O) groups is 1. The predicted molar refractivity (Wildman–Crippen MR) is 106 cm³/mol. The van der Waals surface area contributed by atoms with E-state index in [-0.39, 0.29) is 11.9 Å². The van der Waals surface area contributed by atoms with E-state index in [2.05, 4.69) is 10.2 Å². The minimum atomic E-state index is 0.0807. The summed E-state index contributed by atoms with van der Waals surface area (Å²) in [6, 6.07) is 11.9. The molecule has 5 heteroatoms. The molecule has 1 aromatic heterocycles. The molecule has 146 valence electrons. The number of nitrogens with one attached hydrogen (secondary N) is 1. The normalized spacial score (nSPS) is 16.5. The number of hydrogen-bond acceptors (Lipinski definition) is 4. The summed E-state index contributed by atoms with van der Waals surface area (Å²) >= 11 is 0. The molecule has 27 heavy (non-hydrogen) atoms. The van der Waals surface area contributed by atoms with E-state index in [1.54, 1.807) is 13.4 Å². The second kappa shape index (κ2) is 10.2. The Kier molecular flexibility index (Phi) is 7.34. The molecule has 0 saturated carbocycles. The van der Waals surface area contributed by atoms with Crippen LogP contribution in [0, 0.1) is 0 Å². The highest BCUT2D eigenvalue weighted by Crippen LogP contribution is 2.24. The van der Waals surface area contributed by atoms with Crippen LogP contribution in [-0.4, -0.2) is 37.6 Å². The first-order valence-electron chi connectivity index (χ1n) is 9.93. The fourth-order valence-electron chi connectivity index (χ4n) is 3.65. The van der Waals surface area contributed by atoms with Crippen molar-refractivity contribution in [2.75, 3.05) is 26.7 Å². The van der Waals surface area contributed by atoms with E-state index in [9.17, 15) is 4.79 Å². The highest BCUT2D eigenvalue weighted by molar-refractivity contribution is 5.76. The Hall–Kier alpha value is -2.27. The van der Waals surface area contributed by atoms with Gasteiger partial charge in [-0.05, 0) is 62.2 Å². The number of furan rings is 1. The van der Waals surface area contributed by atoms with Crippen LogP contribution in [0.1, 0.15) is 49.5 Å². The van der Waals surface area contributed by atoms with Crippen LogP contribution in [0.15, 0.2) is 47.1 Å². The Morgan fingerprint density at radius 3 is 2.52 bits per heavy atom. The monoisotopic (exact) mass is 370 g/mol. The zero-order chi connectivity index (χ0) is 18.9. The first-order chi connectivity index (χ1) is 13.3. The van der Waals surface area contributed by atoms with Crippen LogP contribution >= 0.6 is 0 Å². The molecule has 2 heterocycles. The van der Waals surface area contributed by atoms with Gasteiger partial charge in [0.1, 0.15) is 11.5 Å². The van der Waals surface area contributed by atoms with E-state index >= 15 is 0 Å². The third-order valence-electron chi connectivity index (χ3n) is 5.25. The maximum atomic E-state index is 12.4. The average molecular weight is 370 g/mol. The minimum absolute atomic E-state index is 0.0807. The molecule has 1 atom stereocenters. The molecule has 1 amide bonds. The van der Waals surface area contributed by atoms with E-state index in [0.717, 1.165) is 36.6 Å². The summed E-state index contributed by atoms with van der Waals surface area (Å²) in [5.74, 6) is 1.85.